The minimum absolute atomic E-state index is 0.0255. The molecule has 0 aliphatic carbocycles. The van der Waals surface area contributed by atoms with Gasteiger partial charge in [-0.2, -0.15) is 0 Å². The molecule has 0 aliphatic heterocycles. The zero-order valence-corrected chi connectivity index (χ0v) is 10.5. The Bertz CT molecular complexity index is 676. The third-order valence-electron chi connectivity index (χ3n) is 2.58. The summed E-state index contributed by atoms with van der Waals surface area (Å²) in [7, 11) is 0. The van der Waals surface area contributed by atoms with Gasteiger partial charge in [0.2, 0.25) is 0 Å². The third-order valence-corrected chi connectivity index (χ3v) is 2.78. The Morgan fingerprint density at radius 2 is 2.11 bits per heavy atom. The number of aryl methyl sites for hydroxylation is 1. The van der Waals surface area contributed by atoms with E-state index in [2.05, 4.69) is 0 Å². The fourth-order valence-electron chi connectivity index (χ4n) is 1.73. The molecule has 0 atom stereocenters. The van der Waals surface area contributed by atoms with E-state index in [0.717, 1.165) is 11.3 Å². The van der Waals surface area contributed by atoms with Gasteiger partial charge in [-0.15, -0.1) is 0 Å². The predicted octanol–water partition coefficient (Wildman–Crippen LogP) is 2.02. The molecular formula is C13H12ClN3O. The van der Waals surface area contributed by atoms with Crippen LogP contribution in [-0.2, 0) is 0 Å². The van der Waals surface area contributed by atoms with E-state index in [4.69, 9.17) is 22.7 Å². The quantitative estimate of drug-likeness (QED) is 0.853. The number of carbonyl (C=O) groups excluding carboxylic acids is 1. The average Bonchev–Trinajstić information content (AvgIpc) is 2.31. The number of amides is 1. The summed E-state index contributed by atoms with van der Waals surface area (Å²) in [5.41, 5.74) is 7.18. The fourth-order valence-corrected chi connectivity index (χ4v) is 1.94. The van der Waals surface area contributed by atoms with Crippen molar-refractivity contribution in [2.24, 2.45) is 5.73 Å². The maximum absolute atomic E-state index is 11.3. The van der Waals surface area contributed by atoms with Gasteiger partial charge < -0.3 is 10.3 Å². The van der Waals surface area contributed by atoms with Gasteiger partial charge in [0.15, 0.2) is 0 Å². The number of hydrogen-bond acceptors (Lipinski definition) is 2. The number of primary amides is 1. The lowest BCUT2D eigenvalue weighted by molar-refractivity contribution is 0.0998. The van der Waals surface area contributed by atoms with E-state index in [1.807, 2.05) is 31.2 Å². The van der Waals surface area contributed by atoms with Gasteiger partial charge in [0.05, 0.1) is 10.6 Å². The SMILES string of the molecule is Cc1cccc(-n2cc(Cl)cc(C(N)=O)c2=N)c1. The van der Waals surface area contributed by atoms with Crippen molar-refractivity contribution < 1.29 is 4.79 Å². The summed E-state index contributed by atoms with van der Waals surface area (Å²) in [6, 6.07) is 8.97. The van der Waals surface area contributed by atoms with Gasteiger partial charge in [-0.1, -0.05) is 23.7 Å². The molecule has 1 aromatic heterocycles. The lowest BCUT2D eigenvalue weighted by Crippen LogP contribution is -2.28. The van der Waals surface area contributed by atoms with Crippen molar-refractivity contribution in [3.8, 4) is 5.69 Å². The largest absolute Gasteiger partial charge is 0.365 e. The van der Waals surface area contributed by atoms with Crippen LogP contribution < -0.4 is 11.2 Å². The molecular weight excluding hydrogens is 250 g/mol. The molecule has 2 rings (SSSR count). The molecule has 1 amide bonds. The lowest BCUT2D eigenvalue weighted by atomic mass is 10.2. The highest BCUT2D eigenvalue weighted by molar-refractivity contribution is 6.30. The van der Waals surface area contributed by atoms with Crippen molar-refractivity contribution in [3.63, 3.8) is 0 Å². The molecule has 0 saturated carbocycles. The molecule has 0 saturated heterocycles. The van der Waals surface area contributed by atoms with Crippen molar-refractivity contribution in [2.45, 2.75) is 6.92 Å². The van der Waals surface area contributed by atoms with Crippen LogP contribution in [0, 0.1) is 12.3 Å². The standard InChI is InChI=1S/C13H12ClN3O/c1-8-3-2-4-10(5-8)17-7-9(14)6-11(12(17)15)13(16)18/h2-7,15H,1H3,(H2,16,18). The molecule has 3 N–H and O–H groups in total. The van der Waals surface area contributed by atoms with Gasteiger partial charge >= 0.3 is 0 Å². The van der Waals surface area contributed by atoms with Gasteiger partial charge in [-0.25, -0.2) is 0 Å². The molecule has 0 unspecified atom stereocenters. The Kier molecular flexibility index (Phi) is 3.21. The van der Waals surface area contributed by atoms with Crippen LogP contribution in [0.5, 0.6) is 0 Å². The molecule has 0 spiro atoms. The number of pyridine rings is 1. The summed E-state index contributed by atoms with van der Waals surface area (Å²) in [6.07, 6.45) is 1.59. The minimum atomic E-state index is -0.663. The van der Waals surface area contributed by atoms with Gasteiger partial charge in [0, 0.05) is 11.9 Å². The van der Waals surface area contributed by atoms with E-state index in [9.17, 15) is 4.79 Å². The van der Waals surface area contributed by atoms with Gasteiger partial charge in [-0.3, -0.25) is 10.2 Å². The van der Waals surface area contributed by atoms with E-state index in [0.29, 0.717) is 5.02 Å². The first-order chi connectivity index (χ1) is 8.49. The van der Waals surface area contributed by atoms with Gasteiger partial charge in [0.1, 0.15) is 5.49 Å². The van der Waals surface area contributed by atoms with Crippen molar-refractivity contribution >= 4 is 17.5 Å². The summed E-state index contributed by atoms with van der Waals surface area (Å²) in [4.78, 5) is 11.3. The molecule has 1 heterocycles. The number of benzene rings is 1. The first kappa shape index (κ1) is 12.4. The fraction of sp³-hybridized carbons (Fsp3) is 0.0769. The molecule has 18 heavy (non-hydrogen) atoms. The summed E-state index contributed by atoms with van der Waals surface area (Å²) in [6.45, 7) is 1.95. The van der Waals surface area contributed by atoms with Crippen LogP contribution >= 0.6 is 11.6 Å². The topological polar surface area (TPSA) is 71.9 Å². The van der Waals surface area contributed by atoms with Crippen LogP contribution in [0.2, 0.25) is 5.02 Å². The molecule has 0 radical (unpaired) electrons. The summed E-state index contributed by atoms with van der Waals surface area (Å²) in [5.74, 6) is -0.663. The number of carbonyl (C=O) groups is 1. The first-order valence-electron chi connectivity index (χ1n) is 5.32. The van der Waals surface area contributed by atoms with Crippen LogP contribution in [0.3, 0.4) is 0 Å². The Morgan fingerprint density at radius 3 is 2.72 bits per heavy atom. The zero-order valence-electron chi connectivity index (χ0n) is 9.77. The molecule has 2 aromatic rings. The Morgan fingerprint density at radius 1 is 1.39 bits per heavy atom. The number of halogens is 1. The van der Waals surface area contributed by atoms with Gasteiger partial charge in [0.25, 0.3) is 5.91 Å². The summed E-state index contributed by atoms with van der Waals surface area (Å²) in [5, 5.41) is 8.35. The number of rotatable bonds is 2. The first-order valence-corrected chi connectivity index (χ1v) is 5.70. The molecule has 0 bridgehead atoms. The number of aromatic nitrogens is 1. The molecule has 0 aliphatic rings. The van der Waals surface area contributed by atoms with Crippen molar-refractivity contribution in [1.82, 2.24) is 4.57 Å². The highest BCUT2D eigenvalue weighted by Crippen LogP contribution is 2.13. The van der Waals surface area contributed by atoms with Crippen molar-refractivity contribution in [2.75, 3.05) is 0 Å². The van der Waals surface area contributed by atoms with Gasteiger partial charge in [-0.05, 0) is 30.7 Å². The maximum Gasteiger partial charge on any atom is 0.252 e. The van der Waals surface area contributed by atoms with E-state index in [-0.39, 0.29) is 11.1 Å². The highest BCUT2D eigenvalue weighted by Gasteiger charge is 2.09. The minimum Gasteiger partial charge on any atom is -0.365 e. The van der Waals surface area contributed by atoms with Crippen LogP contribution in [0.25, 0.3) is 5.69 Å². The Hall–Kier alpha value is -2.07. The second kappa shape index (κ2) is 4.66. The Balaban J connectivity index is 2.72. The predicted molar refractivity (Wildman–Crippen MR) is 69.9 cm³/mol. The Labute approximate surface area is 109 Å². The molecule has 1 aromatic carbocycles. The van der Waals surface area contributed by atoms with E-state index < -0.39 is 5.91 Å². The lowest BCUT2D eigenvalue weighted by Gasteiger charge is -2.10. The van der Waals surface area contributed by atoms with E-state index >= 15 is 0 Å². The number of nitrogens with one attached hydrogen (secondary N) is 1. The normalized spacial score (nSPS) is 10.3. The molecule has 4 nitrogen and oxygen atoms in total. The summed E-state index contributed by atoms with van der Waals surface area (Å²) < 4.78 is 1.54. The second-order valence-electron chi connectivity index (χ2n) is 3.99. The molecule has 92 valence electrons. The monoisotopic (exact) mass is 261 g/mol. The van der Waals surface area contributed by atoms with Crippen LogP contribution in [0.4, 0.5) is 0 Å². The highest BCUT2D eigenvalue weighted by atomic mass is 35.5. The smallest absolute Gasteiger partial charge is 0.252 e. The van der Waals surface area contributed by atoms with Crippen LogP contribution in [0.1, 0.15) is 15.9 Å². The second-order valence-corrected chi connectivity index (χ2v) is 4.43. The summed E-state index contributed by atoms with van der Waals surface area (Å²) >= 11 is 5.94. The number of nitrogens with zero attached hydrogens (tertiary/aromatic N) is 1. The van der Waals surface area contributed by atoms with E-state index in [1.165, 1.54) is 10.6 Å². The number of nitrogens with two attached hydrogens (primary N) is 1. The van der Waals surface area contributed by atoms with Crippen molar-refractivity contribution in [1.29, 1.82) is 5.41 Å². The molecule has 0 fully saturated rings. The van der Waals surface area contributed by atoms with E-state index in [1.54, 1.807) is 6.20 Å². The maximum atomic E-state index is 11.3. The number of hydrogen-bond donors (Lipinski definition) is 2. The average molecular weight is 262 g/mol. The molecule has 5 heteroatoms. The van der Waals surface area contributed by atoms with Crippen LogP contribution in [0.15, 0.2) is 36.5 Å². The van der Waals surface area contributed by atoms with Crippen LogP contribution in [-0.4, -0.2) is 10.5 Å². The third kappa shape index (κ3) is 2.28. The zero-order chi connectivity index (χ0) is 13.3. The van der Waals surface area contributed by atoms with Crippen molar-refractivity contribution in [3.05, 3.63) is 58.2 Å².